The van der Waals surface area contributed by atoms with Gasteiger partial charge < -0.3 is 5.21 Å². The molecule has 0 spiro atoms. The Morgan fingerprint density at radius 2 is 2.06 bits per heavy atom. The van der Waals surface area contributed by atoms with Gasteiger partial charge in [0.05, 0.1) is 4.70 Å². The summed E-state index contributed by atoms with van der Waals surface area (Å²) in [5, 5.41) is 11.9. The lowest BCUT2D eigenvalue weighted by molar-refractivity contribution is -0.603. The first-order valence-electron chi connectivity index (χ1n) is 4.58. The van der Waals surface area contributed by atoms with Crippen LogP contribution in [0.2, 0.25) is 0 Å². The summed E-state index contributed by atoms with van der Waals surface area (Å²) in [5.41, 5.74) is 1.56. The average Bonchev–Trinajstić information content (AvgIpc) is 2.73. The summed E-state index contributed by atoms with van der Waals surface area (Å²) in [5.74, 6) is 0. The van der Waals surface area contributed by atoms with E-state index in [4.69, 9.17) is 0 Å². The molecule has 3 aromatic rings. The van der Waals surface area contributed by atoms with E-state index in [1.807, 2.05) is 0 Å². The Balaban J connectivity index is 2.19. The van der Waals surface area contributed by atoms with Gasteiger partial charge in [0.2, 0.25) is 6.20 Å². The summed E-state index contributed by atoms with van der Waals surface area (Å²) in [6.07, 6.45) is 7.80. The van der Waals surface area contributed by atoms with E-state index in [1.54, 1.807) is 18.5 Å². The summed E-state index contributed by atoms with van der Waals surface area (Å²) >= 11 is 1.52. The highest BCUT2D eigenvalue weighted by Gasteiger charge is 2.08. The predicted molar refractivity (Wildman–Crippen MR) is 59.6 cm³/mol. The SMILES string of the molecule is [O-][n+]1ccc2sc(-c3cncnc3)nc2c1. The second-order valence-electron chi connectivity index (χ2n) is 3.20. The van der Waals surface area contributed by atoms with Crippen molar-refractivity contribution in [3.63, 3.8) is 0 Å². The van der Waals surface area contributed by atoms with Crippen LogP contribution in [0, 0.1) is 5.21 Å². The van der Waals surface area contributed by atoms with Gasteiger partial charge in [-0.1, -0.05) is 0 Å². The Morgan fingerprint density at radius 3 is 2.88 bits per heavy atom. The lowest BCUT2D eigenvalue weighted by Gasteiger charge is -1.91. The second kappa shape index (κ2) is 3.49. The minimum absolute atomic E-state index is 0.696. The van der Waals surface area contributed by atoms with E-state index in [-0.39, 0.29) is 0 Å². The van der Waals surface area contributed by atoms with Crippen LogP contribution >= 0.6 is 11.3 Å². The maximum Gasteiger partial charge on any atom is 0.207 e. The lowest BCUT2D eigenvalue weighted by Crippen LogP contribution is -2.23. The molecule has 0 unspecified atom stereocenters. The third-order valence-corrected chi connectivity index (χ3v) is 3.20. The summed E-state index contributed by atoms with van der Waals surface area (Å²) in [4.78, 5) is 12.2. The van der Waals surface area contributed by atoms with Gasteiger partial charge in [-0.15, -0.1) is 11.3 Å². The Hall–Kier alpha value is -2.08. The standard InChI is InChI=1S/C10H6N4OS/c15-14-2-1-9-8(5-14)13-10(16-9)7-3-11-6-12-4-7/h1-6H. The molecule has 3 aromatic heterocycles. The highest BCUT2D eigenvalue weighted by Crippen LogP contribution is 2.27. The van der Waals surface area contributed by atoms with Crippen LogP contribution in [0.1, 0.15) is 0 Å². The molecule has 0 saturated heterocycles. The summed E-state index contributed by atoms with van der Waals surface area (Å²) < 4.78 is 1.72. The van der Waals surface area contributed by atoms with Crippen LogP contribution in [0.25, 0.3) is 20.8 Å². The number of rotatable bonds is 1. The molecule has 0 N–H and O–H groups in total. The molecule has 0 amide bonds. The van der Waals surface area contributed by atoms with E-state index in [0.29, 0.717) is 5.52 Å². The number of fused-ring (bicyclic) bond motifs is 1. The molecule has 0 fully saturated rings. The fourth-order valence-electron chi connectivity index (χ4n) is 1.39. The fourth-order valence-corrected chi connectivity index (χ4v) is 2.30. The molecule has 16 heavy (non-hydrogen) atoms. The number of aromatic nitrogens is 4. The van der Waals surface area contributed by atoms with Crippen molar-refractivity contribution in [1.29, 1.82) is 0 Å². The average molecular weight is 230 g/mol. The Bertz CT molecular complexity index is 638. The van der Waals surface area contributed by atoms with Gasteiger partial charge in [0, 0.05) is 24.0 Å². The maximum atomic E-state index is 11.1. The van der Waals surface area contributed by atoms with Crippen LogP contribution in [0.4, 0.5) is 0 Å². The molecule has 3 heterocycles. The van der Waals surface area contributed by atoms with Gasteiger partial charge in [-0.05, 0) is 0 Å². The molecular weight excluding hydrogens is 224 g/mol. The molecule has 3 rings (SSSR count). The van der Waals surface area contributed by atoms with Crippen molar-refractivity contribution in [3.8, 4) is 10.6 Å². The summed E-state index contributed by atoms with van der Waals surface area (Å²) in [6.45, 7) is 0. The van der Waals surface area contributed by atoms with E-state index in [9.17, 15) is 5.21 Å². The normalized spacial score (nSPS) is 10.8. The molecule has 6 heteroatoms. The van der Waals surface area contributed by atoms with Crippen molar-refractivity contribution in [3.05, 3.63) is 42.4 Å². The van der Waals surface area contributed by atoms with Crippen LogP contribution in [0.3, 0.4) is 0 Å². The molecule has 78 valence electrons. The first kappa shape index (κ1) is 9.17. The Morgan fingerprint density at radius 1 is 1.25 bits per heavy atom. The third-order valence-electron chi connectivity index (χ3n) is 2.11. The van der Waals surface area contributed by atoms with Crippen LogP contribution in [-0.4, -0.2) is 15.0 Å². The van der Waals surface area contributed by atoms with Crippen molar-refractivity contribution >= 4 is 21.6 Å². The molecule has 0 aliphatic rings. The number of thiazole rings is 1. The molecule has 0 saturated carbocycles. The van der Waals surface area contributed by atoms with Gasteiger partial charge in [-0.25, -0.2) is 15.0 Å². The van der Waals surface area contributed by atoms with Crippen molar-refractivity contribution in [1.82, 2.24) is 15.0 Å². The third kappa shape index (κ3) is 1.49. The minimum Gasteiger partial charge on any atom is -0.619 e. The topological polar surface area (TPSA) is 65.6 Å². The minimum atomic E-state index is 0.696. The maximum absolute atomic E-state index is 11.1. The van der Waals surface area contributed by atoms with Gasteiger partial charge in [-0.2, -0.15) is 4.73 Å². The zero-order valence-corrected chi connectivity index (χ0v) is 8.89. The smallest absolute Gasteiger partial charge is 0.207 e. The van der Waals surface area contributed by atoms with E-state index in [1.165, 1.54) is 30.1 Å². The van der Waals surface area contributed by atoms with E-state index in [2.05, 4.69) is 15.0 Å². The number of nitrogens with zero attached hydrogens (tertiary/aromatic N) is 4. The molecule has 0 aliphatic carbocycles. The molecule has 5 nitrogen and oxygen atoms in total. The van der Waals surface area contributed by atoms with Gasteiger partial charge in [0.1, 0.15) is 16.9 Å². The first-order valence-corrected chi connectivity index (χ1v) is 5.39. The number of hydrogen-bond donors (Lipinski definition) is 0. The zero-order chi connectivity index (χ0) is 11.0. The van der Waals surface area contributed by atoms with E-state index >= 15 is 0 Å². The highest BCUT2D eigenvalue weighted by atomic mass is 32.1. The summed E-state index contributed by atoms with van der Waals surface area (Å²) in [6, 6.07) is 1.76. The summed E-state index contributed by atoms with van der Waals surface area (Å²) in [7, 11) is 0. The van der Waals surface area contributed by atoms with Gasteiger partial charge in [0.15, 0.2) is 6.20 Å². The van der Waals surface area contributed by atoms with Gasteiger partial charge in [0.25, 0.3) is 0 Å². The Kier molecular flexibility index (Phi) is 2.00. The monoisotopic (exact) mass is 230 g/mol. The van der Waals surface area contributed by atoms with Crippen molar-refractivity contribution < 1.29 is 4.73 Å². The van der Waals surface area contributed by atoms with Crippen molar-refractivity contribution in [2.24, 2.45) is 0 Å². The van der Waals surface area contributed by atoms with E-state index < -0.39 is 0 Å². The van der Waals surface area contributed by atoms with Crippen LogP contribution in [-0.2, 0) is 0 Å². The number of hydrogen-bond acceptors (Lipinski definition) is 5. The van der Waals surface area contributed by atoms with Crippen LogP contribution < -0.4 is 4.73 Å². The highest BCUT2D eigenvalue weighted by molar-refractivity contribution is 7.21. The van der Waals surface area contributed by atoms with Gasteiger partial charge in [-0.3, -0.25) is 0 Å². The van der Waals surface area contributed by atoms with Gasteiger partial charge >= 0.3 is 0 Å². The predicted octanol–water partition coefficient (Wildman–Crippen LogP) is 1.39. The zero-order valence-electron chi connectivity index (χ0n) is 8.07. The second-order valence-corrected chi connectivity index (χ2v) is 4.23. The van der Waals surface area contributed by atoms with E-state index in [0.717, 1.165) is 20.0 Å². The van der Waals surface area contributed by atoms with Crippen LogP contribution in [0.15, 0.2) is 37.2 Å². The first-order chi connectivity index (χ1) is 7.83. The molecule has 0 radical (unpaired) electrons. The quantitative estimate of drug-likeness (QED) is 0.468. The number of pyridine rings is 1. The molecular formula is C10H6N4OS. The van der Waals surface area contributed by atoms with Crippen molar-refractivity contribution in [2.45, 2.75) is 0 Å². The molecule has 0 bridgehead atoms. The largest absolute Gasteiger partial charge is 0.619 e. The lowest BCUT2D eigenvalue weighted by atomic mass is 10.4. The Labute approximate surface area is 94.6 Å². The van der Waals surface area contributed by atoms with Crippen molar-refractivity contribution in [2.75, 3.05) is 0 Å². The fraction of sp³-hybridized carbons (Fsp3) is 0. The van der Waals surface area contributed by atoms with Crippen LogP contribution in [0.5, 0.6) is 0 Å². The molecule has 0 atom stereocenters. The molecule has 0 aliphatic heterocycles. The molecule has 0 aromatic carbocycles.